The lowest BCUT2D eigenvalue weighted by Gasteiger charge is -2.33. The van der Waals surface area contributed by atoms with Gasteiger partial charge in [0.15, 0.2) is 0 Å². The van der Waals surface area contributed by atoms with Crippen LogP contribution in [-0.2, 0) is 19.6 Å². The van der Waals surface area contributed by atoms with Gasteiger partial charge >= 0.3 is 5.97 Å². The smallest absolute Gasteiger partial charge is 0.326 e. The highest BCUT2D eigenvalue weighted by Crippen LogP contribution is 2.23. The Morgan fingerprint density at radius 2 is 1.80 bits per heavy atom. The molecule has 2 atom stereocenters. The third-order valence-corrected chi connectivity index (χ3v) is 5.55. The van der Waals surface area contributed by atoms with Gasteiger partial charge in [-0.15, -0.1) is 0 Å². The summed E-state index contributed by atoms with van der Waals surface area (Å²) < 4.78 is 25.2. The van der Waals surface area contributed by atoms with Crippen molar-refractivity contribution >= 4 is 21.9 Å². The van der Waals surface area contributed by atoms with Crippen LogP contribution >= 0.6 is 0 Å². The van der Waals surface area contributed by atoms with Crippen LogP contribution in [0.3, 0.4) is 0 Å². The molecule has 20 heavy (non-hydrogen) atoms. The number of carbonyl (C=O) groups is 2. The van der Waals surface area contributed by atoms with Crippen LogP contribution < -0.4 is 0 Å². The number of likely N-dealkylation sites (N-methyl/N-ethyl adjacent to an activating group) is 1. The molecule has 116 valence electrons. The Balaban J connectivity index is 3.03. The molecular weight excluding hydrogens is 284 g/mol. The number of amides is 1. The second kappa shape index (κ2) is 6.09. The summed E-state index contributed by atoms with van der Waals surface area (Å²) in [6, 6.07) is -1.83. The van der Waals surface area contributed by atoms with Gasteiger partial charge in [0.25, 0.3) is 0 Å². The average Bonchev–Trinajstić information content (AvgIpc) is 2.67. The van der Waals surface area contributed by atoms with Crippen LogP contribution in [0.4, 0.5) is 0 Å². The molecule has 1 fully saturated rings. The van der Waals surface area contributed by atoms with E-state index >= 15 is 0 Å². The van der Waals surface area contributed by atoms with E-state index < -0.39 is 34.0 Å². The van der Waals surface area contributed by atoms with Gasteiger partial charge in [-0.3, -0.25) is 4.79 Å². The molecule has 1 heterocycles. The summed E-state index contributed by atoms with van der Waals surface area (Å²) >= 11 is 0. The van der Waals surface area contributed by atoms with Crippen LogP contribution in [0.1, 0.15) is 27.2 Å². The second-order valence-corrected chi connectivity index (χ2v) is 7.47. The second-order valence-electron chi connectivity index (χ2n) is 5.43. The molecule has 1 saturated heterocycles. The number of aliphatic carboxylic acids is 1. The molecule has 1 N–H and O–H groups in total. The number of sulfonamides is 1. The Labute approximate surface area is 119 Å². The fraction of sp³-hybridized carbons (Fsp3) is 0.833. The monoisotopic (exact) mass is 306 g/mol. The van der Waals surface area contributed by atoms with Gasteiger partial charge in [0.1, 0.15) is 12.1 Å². The Kier molecular flexibility index (Phi) is 5.15. The minimum atomic E-state index is -3.42. The highest BCUT2D eigenvalue weighted by atomic mass is 32.2. The first-order valence-corrected chi connectivity index (χ1v) is 8.19. The van der Waals surface area contributed by atoms with Gasteiger partial charge in [0, 0.05) is 13.6 Å². The van der Waals surface area contributed by atoms with Crippen molar-refractivity contribution in [1.29, 1.82) is 0 Å². The summed E-state index contributed by atoms with van der Waals surface area (Å²) in [5, 5.41) is 8.96. The minimum absolute atomic E-state index is 0.0434. The molecule has 7 nitrogen and oxygen atoms in total. The Morgan fingerprint density at radius 3 is 2.15 bits per heavy atom. The highest BCUT2D eigenvalue weighted by Gasteiger charge is 2.42. The standard InChI is InChI=1S/C12H22N2O5S/c1-8(2)10(14-6-5-7-20(14,18)19)11(15)13(4)9(3)12(16)17/h8-10H,5-7H2,1-4H3,(H,16,17). The summed E-state index contributed by atoms with van der Waals surface area (Å²) in [7, 11) is -2.03. The fourth-order valence-electron chi connectivity index (χ4n) is 2.28. The maximum atomic E-state index is 12.5. The molecule has 2 unspecified atom stereocenters. The van der Waals surface area contributed by atoms with Gasteiger partial charge in [-0.2, -0.15) is 4.31 Å². The summed E-state index contributed by atoms with van der Waals surface area (Å²) in [6.07, 6.45) is 0.497. The lowest BCUT2D eigenvalue weighted by Crippen LogP contribution is -2.54. The quantitative estimate of drug-likeness (QED) is 0.770. The summed E-state index contributed by atoms with van der Waals surface area (Å²) in [4.78, 5) is 24.5. The fourth-order valence-corrected chi connectivity index (χ4v) is 4.09. The average molecular weight is 306 g/mol. The van der Waals surface area contributed by atoms with Crippen LogP contribution in [0.2, 0.25) is 0 Å². The van der Waals surface area contributed by atoms with Crippen LogP contribution in [0.5, 0.6) is 0 Å². The molecule has 0 aromatic heterocycles. The van der Waals surface area contributed by atoms with E-state index in [1.54, 1.807) is 13.8 Å². The Morgan fingerprint density at radius 1 is 1.25 bits per heavy atom. The van der Waals surface area contributed by atoms with Crippen molar-refractivity contribution in [3.8, 4) is 0 Å². The van der Waals surface area contributed by atoms with E-state index in [2.05, 4.69) is 0 Å². The maximum absolute atomic E-state index is 12.5. The molecule has 1 aliphatic heterocycles. The number of carbonyl (C=O) groups excluding carboxylic acids is 1. The molecule has 0 aromatic carbocycles. The van der Waals surface area contributed by atoms with Crippen molar-refractivity contribution in [3.63, 3.8) is 0 Å². The third kappa shape index (κ3) is 3.29. The van der Waals surface area contributed by atoms with Gasteiger partial charge in [0.2, 0.25) is 15.9 Å². The van der Waals surface area contributed by atoms with E-state index in [0.717, 1.165) is 4.90 Å². The lowest BCUT2D eigenvalue weighted by molar-refractivity contribution is -0.150. The number of carboxylic acid groups (broad SMARTS) is 1. The first-order valence-electron chi connectivity index (χ1n) is 6.58. The maximum Gasteiger partial charge on any atom is 0.326 e. The molecule has 8 heteroatoms. The van der Waals surface area contributed by atoms with E-state index in [1.165, 1.54) is 18.3 Å². The summed E-state index contributed by atoms with van der Waals surface area (Å²) in [5.41, 5.74) is 0. The van der Waals surface area contributed by atoms with Gasteiger partial charge in [-0.1, -0.05) is 13.8 Å². The minimum Gasteiger partial charge on any atom is -0.480 e. The van der Waals surface area contributed by atoms with Crippen molar-refractivity contribution in [3.05, 3.63) is 0 Å². The largest absolute Gasteiger partial charge is 0.480 e. The van der Waals surface area contributed by atoms with Crippen LogP contribution in [-0.4, -0.2) is 66.0 Å². The number of carboxylic acids is 1. The lowest BCUT2D eigenvalue weighted by atomic mass is 10.0. The molecule has 0 spiro atoms. The van der Waals surface area contributed by atoms with E-state index in [1.807, 2.05) is 0 Å². The van der Waals surface area contributed by atoms with Crippen molar-refractivity contribution < 1.29 is 23.1 Å². The molecular formula is C12H22N2O5S. The van der Waals surface area contributed by atoms with Crippen molar-refractivity contribution in [2.24, 2.45) is 5.92 Å². The zero-order valence-electron chi connectivity index (χ0n) is 12.2. The molecule has 0 saturated carbocycles. The van der Waals surface area contributed by atoms with E-state index in [-0.39, 0.29) is 11.7 Å². The number of hydrogen-bond acceptors (Lipinski definition) is 4. The number of nitrogens with zero attached hydrogens (tertiary/aromatic N) is 2. The molecule has 0 aliphatic carbocycles. The van der Waals surface area contributed by atoms with Crippen molar-refractivity contribution in [2.45, 2.75) is 39.3 Å². The first-order chi connectivity index (χ1) is 9.09. The van der Waals surface area contributed by atoms with E-state index in [9.17, 15) is 18.0 Å². The van der Waals surface area contributed by atoms with Crippen LogP contribution in [0.15, 0.2) is 0 Å². The Hall–Kier alpha value is -1.15. The van der Waals surface area contributed by atoms with Crippen LogP contribution in [0, 0.1) is 5.92 Å². The van der Waals surface area contributed by atoms with Gasteiger partial charge < -0.3 is 10.0 Å². The summed E-state index contributed by atoms with van der Waals surface area (Å²) in [5.74, 6) is -1.77. The third-order valence-electron chi connectivity index (χ3n) is 3.62. The topological polar surface area (TPSA) is 95.0 Å². The van der Waals surface area contributed by atoms with E-state index in [4.69, 9.17) is 5.11 Å². The van der Waals surface area contributed by atoms with Gasteiger partial charge in [-0.05, 0) is 19.3 Å². The van der Waals surface area contributed by atoms with E-state index in [0.29, 0.717) is 13.0 Å². The first kappa shape index (κ1) is 16.9. The highest BCUT2D eigenvalue weighted by molar-refractivity contribution is 7.89. The molecule has 1 amide bonds. The number of hydrogen-bond donors (Lipinski definition) is 1. The SMILES string of the molecule is CC(C)C(C(=O)N(C)C(C)C(=O)O)N1CCCS1(=O)=O. The Bertz CT molecular complexity index is 488. The van der Waals surface area contributed by atoms with Gasteiger partial charge in [0.05, 0.1) is 5.75 Å². The molecule has 1 aliphatic rings. The van der Waals surface area contributed by atoms with Gasteiger partial charge in [-0.25, -0.2) is 13.2 Å². The van der Waals surface area contributed by atoms with Crippen molar-refractivity contribution in [1.82, 2.24) is 9.21 Å². The predicted molar refractivity (Wildman–Crippen MR) is 73.6 cm³/mol. The molecule has 0 aromatic rings. The normalized spacial score (nSPS) is 21.6. The van der Waals surface area contributed by atoms with Crippen molar-refractivity contribution in [2.75, 3.05) is 19.3 Å². The zero-order chi connectivity index (χ0) is 15.7. The molecule has 1 rings (SSSR count). The number of rotatable bonds is 5. The zero-order valence-corrected chi connectivity index (χ0v) is 13.1. The molecule has 0 radical (unpaired) electrons. The summed E-state index contributed by atoms with van der Waals surface area (Å²) in [6.45, 7) is 5.23. The molecule has 0 bridgehead atoms. The van der Waals surface area contributed by atoms with Crippen LogP contribution in [0.25, 0.3) is 0 Å². The predicted octanol–water partition coefficient (Wildman–Crippen LogP) is -0.0220.